The fourth-order valence-electron chi connectivity index (χ4n) is 3.81. The van der Waals surface area contributed by atoms with Crippen LogP contribution in [0.5, 0.6) is 0 Å². The van der Waals surface area contributed by atoms with E-state index >= 15 is 0 Å². The summed E-state index contributed by atoms with van der Waals surface area (Å²) < 4.78 is 0. The molecule has 1 fully saturated rings. The van der Waals surface area contributed by atoms with Gasteiger partial charge in [-0.1, -0.05) is 48.9 Å². The Balaban J connectivity index is 1.88. The summed E-state index contributed by atoms with van der Waals surface area (Å²) in [6.45, 7) is 5.48. The molecule has 1 saturated heterocycles. The van der Waals surface area contributed by atoms with Gasteiger partial charge in [-0.2, -0.15) is 0 Å². The molecule has 0 amide bonds. The minimum atomic E-state index is 0.581. The van der Waals surface area contributed by atoms with Gasteiger partial charge < -0.3 is 4.90 Å². The average Bonchev–Trinajstić information content (AvgIpc) is 2.67. The number of aryl methyl sites for hydroxylation is 1. The topological polar surface area (TPSA) is 29.0 Å². The molecule has 2 aromatic carbocycles. The molecule has 1 aliphatic rings. The highest BCUT2D eigenvalue weighted by molar-refractivity contribution is 5.91. The Morgan fingerprint density at radius 1 is 1.00 bits per heavy atom. The van der Waals surface area contributed by atoms with Crippen LogP contribution >= 0.6 is 0 Å². The Labute approximate surface area is 149 Å². The molecule has 0 spiro atoms. The maximum absolute atomic E-state index is 5.04. The SMILES string of the molecule is CC[C@H]1CCCCN1c1nc(-c2ccc(C)cc2)nc2ccccc12. The van der Waals surface area contributed by atoms with E-state index in [2.05, 4.69) is 67.3 Å². The normalized spacial score (nSPS) is 17.8. The van der Waals surface area contributed by atoms with Crippen LogP contribution in [0, 0.1) is 6.92 Å². The van der Waals surface area contributed by atoms with Gasteiger partial charge in [0.1, 0.15) is 5.82 Å². The Morgan fingerprint density at radius 3 is 2.60 bits per heavy atom. The number of piperidine rings is 1. The molecular formula is C22H25N3. The fourth-order valence-corrected chi connectivity index (χ4v) is 3.81. The van der Waals surface area contributed by atoms with Crippen molar-refractivity contribution >= 4 is 16.7 Å². The third-order valence-electron chi connectivity index (χ3n) is 5.26. The number of aromatic nitrogens is 2. The van der Waals surface area contributed by atoms with E-state index in [1.54, 1.807) is 0 Å². The summed E-state index contributed by atoms with van der Waals surface area (Å²) in [5, 5.41) is 1.17. The van der Waals surface area contributed by atoms with E-state index in [0.29, 0.717) is 6.04 Å². The Hall–Kier alpha value is -2.42. The first-order valence-corrected chi connectivity index (χ1v) is 9.36. The van der Waals surface area contributed by atoms with Crippen LogP contribution in [0.4, 0.5) is 5.82 Å². The van der Waals surface area contributed by atoms with Crippen molar-refractivity contribution < 1.29 is 0 Å². The third kappa shape index (κ3) is 3.11. The molecule has 1 atom stereocenters. The summed E-state index contributed by atoms with van der Waals surface area (Å²) in [5.41, 5.74) is 3.37. The van der Waals surface area contributed by atoms with Crippen LogP contribution in [0.3, 0.4) is 0 Å². The number of rotatable bonds is 3. The van der Waals surface area contributed by atoms with E-state index in [0.717, 1.165) is 35.7 Å². The molecule has 0 unspecified atom stereocenters. The molecule has 3 heteroatoms. The molecule has 4 rings (SSSR count). The molecule has 2 heterocycles. The molecule has 0 radical (unpaired) electrons. The second-order valence-corrected chi connectivity index (χ2v) is 7.01. The molecule has 0 aliphatic carbocycles. The highest BCUT2D eigenvalue weighted by Crippen LogP contribution is 2.32. The zero-order valence-corrected chi connectivity index (χ0v) is 15.1. The summed E-state index contributed by atoms with van der Waals surface area (Å²) in [6.07, 6.45) is 4.99. The van der Waals surface area contributed by atoms with Crippen molar-refractivity contribution in [3.8, 4) is 11.4 Å². The lowest BCUT2D eigenvalue weighted by Gasteiger charge is -2.37. The Morgan fingerprint density at radius 2 is 1.80 bits per heavy atom. The number of para-hydroxylation sites is 1. The maximum Gasteiger partial charge on any atom is 0.162 e. The summed E-state index contributed by atoms with van der Waals surface area (Å²) >= 11 is 0. The lowest BCUT2D eigenvalue weighted by atomic mass is 9.99. The number of fused-ring (bicyclic) bond motifs is 1. The van der Waals surface area contributed by atoms with Gasteiger partial charge in [-0.3, -0.25) is 0 Å². The maximum atomic E-state index is 5.04. The lowest BCUT2D eigenvalue weighted by molar-refractivity contribution is 0.448. The van der Waals surface area contributed by atoms with Crippen molar-refractivity contribution in [3.63, 3.8) is 0 Å². The molecule has 1 aromatic heterocycles. The second kappa shape index (κ2) is 6.83. The highest BCUT2D eigenvalue weighted by atomic mass is 15.2. The molecule has 3 nitrogen and oxygen atoms in total. The molecule has 0 bridgehead atoms. The number of hydrogen-bond acceptors (Lipinski definition) is 3. The number of anilines is 1. The molecule has 1 aliphatic heterocycles. The van der Waals surface area contributed by atoms with Gasteiger partial charge in [-0.15, -0.1) is 0 Å². The first kappa shape index (κ1) is 16.1. The van der Waals surface area contributed by atoms with E-state index in [1.165, 1.54) is 30.2 Å². The first-order chi connectivity index (χ1) is 12.3. The quantitative estimate of drug-likeness (QED) is 0.645. The van der Waals surface area contributed by atoms with E-state index in [4.69, 9.17) is 9.97 Å². The first-order valence-electron chi connectivity index (χ1n) is 9.36. The number of hydrogen-bond donors (Lipinski definition) is 0. The predicted octanol–water partition coefficient (Wildman–Crippen LogP) is 5.37. The van der Waals surface area contributed by atoms with Crippen LogP contribution in [0.1, 0.15) is 38.2 Å². The van der Waals surface area contributed by atoms with Crippen LogP contribution in [-0.4, -0.2) is 22.6 Å². The van der Waals surface area contributed by atoms with Crippen molar-refractivity contribution in [2.45, 2.75) is 45.6 Å². The van der Waals surface area contributed by atoms with E-state index < -0.39 is 0 Å². The average molecular weight is 331 g/mol. The zero-order chi connectivity index (χ0) is 17.2. The minimum absolute atomic E-state index is 0.581. The van der Waals surface area contributed by atoms with Gasteiger partial charge in [-0.25, -0.2) is 9.97 Å². The Kier molecular flexibility index (Phi) is 4.39. The van der Waals surface area contributed by atoms with Crippen LogP contribution in [-0.2, 0) is 0 Å². The van der Waals surface area contributed by atoms with Crippen molar-refractivity contribution in [3.05, 3.63) is 54.1 Å². The summed E-state index contributed by atoms with van der Waals surface area (Å²) in [6, 6.07) is 17.5. The van der Waals surface area contributed by atoms with Crippen molar-refractivity contribution in [2.75, 3.05) is 11.4 Å². The van der Waals surface area contributed by atoms with E-state index in [-0.39, 0.29) is 0 Å². The van der Waals surface area contributed by atoms with Gasteiger partial charge in [0.15, 0.2) is 5.82 Å². The predicted molar refractivity (Wildman–Crippen MR) is 105 cm³/mol. The minimum Gasteiger partial charge on any atom is -0.353 e. The zero-order valence-electron chi connectivity index (χ0n) is 15.1. The van der Waals surface area contributed by atoms with Crippen molar-refractivity contribution in [1.82, 2.24) is 9.97 Å². The monoisotopic (exact) mass is 331 g/mol. The van der Waals surface area contributed by atoms with Gasteiger partial charge in [-0.05, 0) is 44.7 Å². The molecule has 128 valence electrons. The summed E-state index contributed by atoms with van der Waals surface area (Å²) in [7, 11) is 0. The van der Waals surface area contributed by atoms with Gasteiger partial charge in [0, 0.05) is 23.5 Å². The molecule has 3 aromatic rings. The number of nitrogens with zero attached hydrogens (tertiary/aromatic N) is 3. The van der Waals surface area contributed by atoms with Gasteiger partial charge in [0.2, 0.25) is 0 Å². The van der Waals surface area contributed by atoms with Gasteiger partial charge >= 0.3 is 0 Å². The largest absolute Gasteiger partial charge is 0.353 e. The van der Waals surface area contributed by atoms with Crippen molar-refractivity contribution in [1.29, 1.82) is 0 Å². The molecular weight excluding hydrogens is 306 g/mol. The second-order valence-electron chi connectivity index (χ2n) is 7.01. The highest BCUT2D eigenvalue weighted by Gasteiger charge is 2.24. The molecule has 25 heavy (non-hydrogen) atoms. The third-order valence-corrected chi connectivity index (χ3v) is 5.26. The van der Waals surface area contributed by atoms with Gasteiger partial charge in [0.05, 0.1) is 5.52 Å². The molecule has 0 saturated carbocycles. The number of benzene rings is 2. The van der Waals surface area contributed by atoms with Crippen LogP contribution in [0.15, 0.2) is 48.5 Å². The smallest absolute Gasteiger partial charge is 0.162 e. The van der Waals surface area contributed by atoms with Crippen molar-refractivity contribution in [2.24, 2.45) is 0 Å². The van der Waals surface area contributed by atoms with Crippen LogP contribution in [0.2, 0.25) is 0 Å². The summed E-state index contributed by atoms with van der Waals surface area (Å²) in [5.74, 6) is 1.93. The Bertz CT molecular complexity index is 870. The van der Waals surface area contributed by atoms with Crippen LogP contribution < -0.4 is 4.90 Å². The van der Waals surface area contributed by atoms with E-state index in [1.807, 2.05) is 0 Å². The summed E-state index contributed by atoms with van der Waals surface area (Å²) in [4.78, 5) is 12.4. The fraction of sp³-hybridized carbons (Fsp3) is 0.364. The standard InChI is InChI=1S/C22H25N3/c1-3-18-8-6-7-15-25(18)22-19-9-4-5-10-20(19)23-21(24-22)17-13-11-16(2)12-14-17/h4-5,9-14,18H,3,6-8,15H2,1-2H3/t18-/m0/s1. The van der Waals surface area contributed by atoms with Gasteiger partial charge in [0.25, 0.3) is 0 Å². The lowest BCUT2D eigenvalue weighted by Crippen LogP contribution is -2.39. The van der Waals surface area contributed by atoms with Crippen LogP contribution in [0.25, 0.3) is 22.3 Å². The molecule has 0 N–H and O–H groups in total. The van der Waals surface area contributed by atoms with E-state index in [9.17, 15) is 0 Å².